The molecule has 2 aromatic carbocycles. The van der Waals surface area contributed by atoms with Gasteiger partial charge in [0.1, 0.15) is 0 Å². The Morgan fingerprint density at radius 1 is 1.16 bits per heavy atom. The molecule has 2 rings (SSSR count). The maximum atomic E-state index is 10.8. The Bertz CT molecular complexity index is 638. The summed E-state index contributed by atoms with van der Waals surface area (Å²) in [5.41, 5.74) is 7.79. The molecule has 6 heteroatoms. The van der Waals surface area contributed by atoms with Crippen LogP contribution in [0.4, 0.5) is 11.4 Å². The summed E-state index contributed by atoms with van der Waals surface area (Å²) >= 11 is 0. The van der Waals surface area contributed by atoms with Crippen molar-refractivity contribution in [3.8, 4) is 0 Å². The minimum atomic E-state index is -0.484. The van der Waals surface area contributed by atoms with Crippen LogP contribution in [0, 0.1) is 10.1 Å². The van der Waals surface area contributed by atoms with E-state index in [4.69, 9.17) is 11.6 Å². The number of anilines is 1. The predicted molar refractivity (Wildman–Crippen MR) is 73.8 cm³/mol. The van der Waals surface area contributed by atoms with Crippen molar-refractivity contribution < 1.29 is 4.92 Å². The molecule has 4 N–H and O–H groups in total. The number of nitrogen functional groups attached to an aromatic ring is 1. The first-order valence-corrected chi connectivity index (χ1v) is 5.51. The van der Waals surface area contributed by atoms with Crippen molar-refractivity contribution in [3.63, 3.8) is 0 Å². The van der Waals surface area contributed by atoms with Crippen molar-refractivity contribution in [3.05, 3.63) is 69.8 Å². The van der Waals surface area contributed by atoms with Crippen LogP contribution in [0.1, 0.15) is 11.1 Å². The van der Waals surface area contributed by atoms with Crippen molar-refractivity contribution in [2.45, 2.75) is 0 Å². The van der Waals surface area contributed by atoms with Crippen LogP contribution in [0.5, 0.6) is 0 Å². The highest BCUT2D eigenvalue weighted by atomic mass is 16.6. The molecule has 0 aliphatic rings. The Morgan fingerprint density at radius 3 is 2.42 bits per heavy atom. The van der Waals surface area contributed by atoms with Crippen molar-refractivity contribution in [2.75, 3.05) is 5.73 Å². The zero-order valence-corrected chi connectivity index (χ0v) is 9.98. The summed E-state index contributed by atoms with van der Waals surface area (Å²) in [5.74, 6) is 5.39. The summed E-state index contributed by atoms with van der Waals surface area (Å²) in [4.78, 5) is 10.3. The monoisotopic (exact) mass is 256 g/mol. The molecule has 0 spiro atoms. The molecule has 0 unspecified atom stereocenters. The van der Waals surface area contributed by atoms with E-state index < -0.39 is 4.92 Å². The van der Waals surface area contributed by atoms with Gasteiger partial charge >= 0.3 is 0 Å². The summed E-state index contributed by atoms with van der Waals surface area (Å²) in [7, 11) is 0. The molecule has 0 saturated carbocycles. The van der Waals surface area contributed by atoms with Gasteiger partial charge in [0.25, 0.3) is 5.69 Å². The molecule has 0 amide bonds. The van der Waals surface area contributed by atoms with Gasteiger partial charge < -0.3 is 11.6 Å². The number of hydrogen-bond donors (Lipinski definition) is 2. The van der Waals surface area contributed by atoms with Crippen LogP contribution < -0.4 is 11.6 Å². The summed E-state index contributed by atoms with van der Waals surface area (Å²) in [6.45, 7) is 0. The maximum Gasteiger partial charge on any atom is 0.270 e. The molecule has 19 heavy (non-hydrogen) atoms. The van der Waals surface area contributed by atoms with Crippen LogP contribution in [0.15, 0.2) is 53.6 Å². The van der Waals surface area contributed by atoms with E-state index in [0.29, 0.717) is 17.0 Å². The molecule has 0 atom stereocenters. The van der Waals surface area contributed by atoms with E-state index in [1.165, 1.54) is 18.2 Å². The Morgan fingerprint density at radius 2 is 1.84 bits per heavy atom. The van der Waals surface area contributed by atoms with Crippen LogP contribution in [-0.4, -0.2) is 10.6 Å². The van der Waals surface area contributed by atoms with Crippen molar-refractivity contribution >= 4 is 17.1 Å². The zero-order valence-electron chi connectivity index (χ0n) is 9.98. The predicted octanol–water partition coefficient (Wildman–Crippen LogP) is 1.89. The summed E-state index contributed by atoms with van der Waals surface area (Å²) < 4.78 is 0. The molecule has 2 aromatic rings. The van der Waals surface area contributed by atoms with Gasteiger partial charge in [0.05, 0.1) is 10.6 Å². The third-order valence-electron chi connectivity index (χ3n) is 2.68. The van der Waals surface area contributed by atoms with E-state index in [2.05, 4.69) is 5.10 Å². The number of rotatable bonds is 3. The lowest BCUT2D eigenvalue weighted by Crippen LogP contribution is -2.09. The molecule has 0 heterocycles. The fraction of sp³-hybridized carbons (Fsp3) is 0. The fourth-order valence-electron chi connectivity index (χ4n) is 1.76. The topological polar surface area (TPSA) is 108 Å². The molecular weight excluding hydrogens is 244 g/mol. The second-order valence-electron chi connectivity index (χ2n) is 3.87. The van der Waals surface area contributed by atoms with E-state index in [-0.39, 0.29) is 5.69 Å². The second-order valence-corrected chi connectivity index (χ2v) is 3.87. The van der Waals surface area contributed by atoms with E-state index in [0.717, 1.165) is 5.56 Å². The number of non-ortho nitro benzene ring substituents is 1. The Labute approximate surface area is 109 Å². The normalized spacial score (nSPS) is 11.3. The molecule has 0 aliphatic carbocycles. The lowest BCUT2D eigenvalue weighted by atomic mass is 10.0. The maximum absolute atomic E-state index is 10.8. The largest absolute Gasteiger partial charge is 0.398 e. The summed E-state index contributed by atoms with van der Waals surface area (Å²) in [6, 6.07) is 13.3. The number of nitrogens with two attached hydrogens (primary N) is 2. The molecule has 96 valence electrons. The standard InChI is InChI=1S/C13H12N4O2/c14-12-7-6-10(17(18)19)8-11(12)13(16-15)9-4-2-1-3-5-9/h1-8H,14-15H2/b16-13-. The van der Waals surface area contributed by atoms with Gasteiger partial charge in [0.15, 0.2) is 0 Å². The number of benzene rings is 2. The van der Waals surface area contributed by atoms with Crippen molar-refractivity contribution in [2.24, 2.45) is 10.9 Å². The Balaban J connectivity index is 2.56. The highest BCUT2D eigenvalue weighted by Gasteiger charge is 2.15. The molecule has 6 nitrogen and oxygen atoms in total. The first-order chi connectivity index (χ1) is 9.13. The summed E-state index contributed by atoms with van der Waals surface area (Å²) in [5, 5.41) is 14.5. The average Bonchev–Trinajstić information content (AvgIpc) is 2.42. The highest BCUT2D eigenvalue weighted by molar-refractivity contribution is 6.15. The molecule has 0 radical (unpaired) electrons. The van der Waals surface area contributed by atoms with Gasteiger partial charge in [-0.25, -0.2) is 0 Å². The number of nitrogens with zero attached hydrogens (tertiary/aromatic N) is 2. The highest BCUT2D eigenvalue weighted by Crippen LogP contribution is 2.22. The zero-order chi connectivity index (χ0) is 13.8. The van der Waals surface area contributed by atoms with Crippen LogP contribution in [0.2, 0.25) is 0 Å². The summed E-state index contributed by atoms with van der Waals surface area (Å²) in [6.07, 6.45) is 0. The molecule has 0 fully saturated rings. The van der Waals surface area contributed by atoms with Gasteiger partial charge in [0.2, 0.25) is 0 Å². The minimum absolute atomic E-state index is 0.0544. The van der Waals surface area contributed by atoms with Crippen LogP contribution in [-0.2, 0) is 0 Å². The Kier molecular flexibility index (Phi) is 3.42. The van der Waals surface area contributed by atoms with Gasteiger partial charge in [-0.3, -0.25) is 10.1 Å². The van der Waals surface area contributed by atoms with Gasteiger partial charge in [-0.1, -0.05) is 30.3 Å². The Hall–Kier alpha value is -2.89. The number of hydrogen-bond acceptors (Lipinski definition) is 5. The average molecular weight is 256 g/mol. The number of nitro benzene ring substituents is 1. The van der Waals surface area contributed by atoms with Crippen LogP contribution in [0.25, 0.3) is 0 Å². The lowest BCUT2D eigenvalue weighted by Gasteiger charge is -2.08. The van der Waals surface area contributed by atoms with E-state index in [1.54, 1.807) is 0 Å². The van der Waals surface area contributed by atoms with E-state index in [1.807, 2.05) is 30.3 Å². The van der Waals surface area contributed by atoms with Gasteiger partial charge in [-0.05, 0) is 6.07 Å². The fourth-order valence-corrected chi connectivity index (χ4v) is 1.76. The molecule has 0 bridgehead atoms. The van der Waals surface area contributed by atoms with Crippen LogP contribution in [0.3, 0.4) is 0 Å². The molecular formula is C13H12N4O2. The smallest absolute Gasteiger partial charge is 0.270 e. The lowest BCUT2D eigenvalue weighted by molar-refractivity contribution is -0.384. The second kappa shape index (κ2) is 5.18. The van der Waals surface area contributed by atoms with Gasteiger partial charge in [-0.2, -0.15) is 5.10 Å². The first kappa shape index (κ1) is 12.6. The third-order valence-corrected chi connectivity index (χ3v) is 2.68. The number of hydrazone groups is 1. The number of nitro groups is 1. The SMILES string of the molecule is N/N=C(/c1ccccc1)c1cc([N+](=O)[O-])ccc1N. The molecule has 0 saturated heterocycles. The first-order valence-electron chi connectivity index (χ1n) is 5.51. The third kappa shape index (κ3) is 2.52. The van der Waals surface area contributed by atoms with Crippen molar-refractivity contribution in [1.82, 2.24) is 0 Å². The molecule has 0 aliphatic heterocycles. The van der Waals surface area contributed by atoms with Gasteiger partial charge in [0, 0.05) is 28.9 Å². The van der Waals surface area contributed by atoms with Gasteiger partial charge in [-0.15, -0.1) is 0 Å². The van der Waals surface area contributed by atoms with Crippen molar-refractivity contribution in [1.29, 1.82) is 0 Å². The quantitative estimate of drug-likeness (QED) is 0.287. The van der Waals surface area contributed by atoms with E-state index >= 15 is 0 Å². The van der Waals surface area contributed by atoms with E-state index in [9.17, 15) is 10.1 Å². The minimum Gasteiger partial charge on any atom is -0.398 e. The molecule has 0 aromatic heterocycles. The van der Waals surface area contributed by atoms with Crippen LogP contribution >= 0.6 is 0 Å².